The third kappa shape index (κ3) is 3.17. The maximum absolute atomic E-state index is 12.6. The molecule has 2 atom stereocenters. The minimum Gasteiger partial charge on any atom is -0.497 e. The molecule has 0 aromatic heterocycles. The van der Waals surface area contributed by atoms with Crippen molar-refractivity contribution in [3.63, 3.8) is 0 Å². The van der Waals surface area contributed by atoms with E-state index in [0.29, 0.717) is 35.6 Å². The molecule has 1 aliphatic heterocycles. The van der Waals surface area contributed by atoms with Gasteiger partial charge in [-0.1, -0.05) is 18.2 Å². The molecule has 2 aromatic rings. The van der Waals surface area contributed by atoms with Gasteiger partial charge in [-0.2, -0.15) is 0 Å². The van der Waals surface area contributed by atoms with Gasteiger partial charge < -0.3 is 9.47 Å². The second-order valence-corrected chi connectivity index (χ2v) is 6.78. The largest absolute Gasteiger partial charge is 0.497 e. The standard InChI is InChI=1S/C22H19NO5/c1-27-17-6-4-5-14(13-17)22(26)28-16-11-9-15(10-12-16)23-20(24)18-7-2-3-8-19(18)21(23)25/h2-6,9-13,18-19H,7-8H2,1H3/t18-,19-/m1/s1. The Labute approximate surface area is 162 Å². The number of amides is 2. The zero-order valence-electron chi connectivity index (χ0n) is 15.3. The average Bonchev–Trinajstić information content (AvgIpc) is 2.99. The van der Waals surface area contributed by atoms with Crippen molar-refractivity contribution in [2.45, 2.75) is 12.8 Å². The number of esters is 1. The lowest BCUT2D eigenvalue weighted by molar-refractivity contribution is -0.122. The molecule has 6 heteroatoms. The first-order valence-corrected chi connectivity index (χ1v) is 9.07. The van der Waals surface area contributed by atoms with Crippen LogP contribution in [0.1, 0.15) is 23.2 Å². The molecule has 0 spiro atoms. The van der Waals surface area contributed by atoms with E-state index < -0.39 is 5.97 Å². The summed E-state index contributed by atoms with van der Waals surface area (Å²) in [5, 5.41) is 0. The van der Waals surface area contributed by atoms with Gasteiger partial charge in [0, 0.05) is 0 Å². The summed E-state index contributed by atoms with van der Waals surface area (Å²) in [4.78, 5) is 38.8. The lowest BCUT2D eigenvalue weighted by Gasteiger charge is -2.15. The Morgan fingerprint density at radius 3 is 2.18 bits per heavy atom. The molecule has 1 heterocycles. The third-order valence-electron chi connectivity index (χ3n) is 5.12. The number of methoxy groups -OCH3 is 1. The van der Waals surface area contributed by atoms with Crippen molar-refractivity contribution in [3.05, 3.63) is 66.2 Å². The molecule has 0 saturated carbocycles. The molecule has 2 aliphatic rings. The Morgan fingerprint density at radius 2 is 1.57 bits per heavy atom. The number of hydrogen-bond donors (Lipinski definition) is 0. The summed E-state index contributed by atoms with van der Waals surface area (Å²) in [7, 11) is 1.52. The number of carbonyl (C=O) groups is 3. The normalized spacial score (nSPS) is 20.8. The molecule has 2 amide bonds. The molecule has 1 saturated heterocycles. The molecule has 0 unspecified atom stereocenters. The highest BCUT2D eigenvalue weighted by Crippen LogP contribution is 2.38. The summed E-state index contributed by atoms with van der Waals surface area (Å²) in [6.07, 6.45) is 5.11. The second kappa shape index (κ2) is 7.31. The number of nitrogens with zero attached hydrogens (tertiary/aromatic N) is 1. The van der Waals surface area contributed by atoms with Crippen LogP contribution in [0, 0.1) is 11.8 Å². The smallest absolute Gasteiger partial charge is 0.343 e. The van der Waals surface area contributed by atoms with Gasteiger partial charge in [0.05, 0.1) is 30.2 Å². The number of benzene rings is 2. The van der Waals surface area contributed by atoms with Crippen LogP contribution in [0.15, 0.2) is 60.7 Å². The van der Waals surface area contributed by atoms with Crippen molar-refractivity contribution in [2.24, 2.45) is 11.8 Å². The van der Waals surface area contributed by atoms with E-state index in [1.807, 2.05) is 12.2 Å². The van der Waals surface area contributed by atoms with Crippen LogP contribution in [0.4, 0.5) is 5.69 Å². The second-order valence-electron chi connectivity index (χ2n) is 6.78. The van der Waals surface area contributed by atoms with Gasteiger partial charge in [0.25, 0.3) is 0 Å². The number of anilines is 1. The number of ether oxygens (including phenoxy) is 2. The maximum Gasteiger partial charge on any atom is 0.343 e. The van der Waals surface area contributed by atoms with E-state index in [0.717, 1.165) is 0 Å². The molecule has 1 aliphatic carbocycles. The molecule has 1 fully saturated rings. The van der Waals surface area contributed by atoms with Crippen LogP contribution in [0.25, 0.3) is 0 Å². The SMILES string of the molecule is COc1cccc(C(=O)Oc2ccc(N3C(=O)[C@@H]4CC=CC[C@H]4C3=O)cc2)c1. The monoisotopic (exact) mass is 377 g/mol. The summed E-state index contributed by atoms with van der Waals surface area (Å²) >= 11 is 0. The zero-order chi connectivity index (χ0) is 19.7. The zero-order valence-corrected chi connectivity index (χ0v) is 15.3. The quantitative estimate of drug-likeness (QED) is 0.354. The molecular formula is C22H19NO5. The van der Waals surface area contributed by atoms with Gasteiger partial charge in [-0.25, -0.2) is 4.79 Å². The van der Waals surface area contributed by atoms with Gasteiger partial charge >= 0.3 is 5.97 Å². The van der Waals surface area contributed by atoms with Crippen LogP contribution < -0.4 is 14.4 Å². The summed E-state index contributed by atoms with van der Waals surface area (Å²) in [5.41, 5.74) is 0.857. The molecular weight excluding hydrogens is 358 g/mol. The molecule has 0 radical (unpaired) electrons. The topological polar surface area (TPSA) is 72.9 Å². The first-order valence-electron chi connectivity index (χ1n) is 9.07. The van der Waals surface area contributed by atoms with E-state index in [-0.39, 0.29) is 23.7 Å². The van der Waals surface area contributed by atoms with Crippen molar-refractivity contribution >= 4 is 23.5 Å². The van der Waals surface area contributed by atoms with E-state index in [4.69, 9.17) is 9.47 Å². The number of rotatable bonds is 4. The van der Waals surface area contributed by atoms with E-state index in [2.05, 4.69) is 0 Å². The minimum atomic E-state index is -0.517. The fourth-order valence-corrected chi connectivity index (χ4v) is 3.63. The average molecular weight is 377 g/mol. The lowest BCUT2D eigenvalue weighted by atomic mass is 9.85. The molecule has 142 valence electrons. The van der Waals surface area contributed by atoms with Gasteiger partial charge in [0.2, 0.25) is 11.8 Å². The number of carbonyl (C=O) groups excluding carboxylic acids is 3. The summed E-state index contributed by atoms with van der Waals surface area (Å²) in [5.74, 6) is -0.509. The van der Waals surface area contributed by atoms with Gasteiger partial charge in [-0.3, -0.25) is 14.5 Å². The first kappa shape index (κ1) is 18.0. The van der Waals surface area contributed by atoms with Crippen LogP contribution >= 0.6 is 0 Å². The van der Waals surface area contributed by atoms with Crippen LogP contribution in [0.5, 0.6) is 11.5 Å². The highest BCUT2D eigenvalue weighted by molar-refractivity contribution is 6.22. The Morgan fingerprint density at radius 1 is 0.929 bits per heavy atom. The van der Waals surface area contributed by atoms with Crippen molar-refractivity contribution in [3.8, 4) is 11.5 Å². The van der Waals surface area contributed by atoms with Gasteiger partial charge in [0.15, 0.2) is 0 Å². The van der Waals surface area contributed by atoms with Gasteiger partial charge in [-0.05, 0) is 55.3 Å². The molecule has 0 bridgehead atoms. The molecule has 0 N–H and O–H groups in total. The summed E-state index contributed by atoms with van der Waals surface area (Å²) < 4.78 is 10.5. The fourth-order valence-electron chi connectivity index (χ4n) is 3.63. The van der Waals surface area contributed by atoms with Crippen LogP contribution in [0.2, 0.25) is 0 Å². The molecule has 6 nitrogen and oxygen atoms in total. The van der Waals surface area contributed by atoms with E-state index in [1.165, 1.54) is 12.0 Å². The predicted octanol–water partition coefficient (Wildman–Crippen LogP) is 3.37. The van der Waals surface area contributed by atoms with Crippen LogP contribution in [-0.2, 0) is 9.59 Å². The number of fused-ring (bicyclic) bond motifs is 1. The Balaban J connectivity index is 1.49. The van der Waals surface area contributed by atoms with Crippen molar-refractivity contribution < 1.29 is 23.9 Å². The van der Waals surface area contributed by atoms with E-state index in [1.54, 1.807) is 48.5 Å². The van der Waals surface area contributed by atoms with Crippen molar-refractivity contribution in [2.75, 3.05) is 12.0 Å². The van der Waals surface area contributed by atoms with Crippen LogP contribution in [0.3, 0.4) is 0 Å². The van der Waals surface area contributed by atoms with Gasteiger partial charge in [0.1, 0.15) is 11.5 Å². The Bertz CT molecular complexity index is 937. The Kier molecular flexibility index (Phi) is 4.69. The van der Waals surface area contributed by atoms with E-state index >= 15 is 0 Å². The predicted molar refractivity (Wildman–Crippen MR) is 102 cm³/mol. The molecule has 4 rings (SSSR count). The summed E-state index contributed by atoms with van der Waals surface area (Å²) in [6.45, 7) is 0. The number of imide groups is 1. The Hall–Kier alpha value is -3.41. The first-order chi connectivity index (χ1) is 13.6. The van der Waals surface area contributed by atoms with Gasteiger partial charge in [-0.15, -0.1) is 0 Å². The highest BCUT2D eigenvalue weighted by atomic mass is 16.5. The van der Waals surface area contributed by atoms with Crippen molar-refractivity contribution in [1.29, 1.82) is 0 Å². The lowest BCUT2D eigenvalue weighted by Crippen LogP contribution is -2.30. The molecule has 28 heavy (non-hydrogen) atoms. The third-order valence-corrected chi connectivity index (χ3v) is 5.12. The fraction of sp³-hybridized carbons (Fsp3) is 0.227. The maximum atomic E-state index is 12.6. The number of hydrogen-bond acceptors (Lipinski definition) is 5. The summed E-state index contributed by atoms with van der Waals surface area (Å²) in [6, 6.07) is 13.1. The van der Waals surface area contributed by atoms with E-state index in [9.17, 15) is 14.4 Å². The highest BCUT2D eigenvalue weighted by Gasteiger charge is 2.47. The van der Waals surface area contributed by atoms with Crippen molar-refractivity contribution in [1.82, 2.24) is 0 Å². The van der Waals surface area contributed by atoms with Crippen LogP contribution in [-0.4, -0.2) is 24.9 Å². The number of allylic oxidation sites excluding steroid dienone is 2. The minimum absolute atomic E-state index is 0.166. The molecule has 2 aromatic carbocycles.